The van der Waals surface area contributed by atoms with Gasteiger partial charge in [-0.25, -0.2) is 0 Å². The molecule has 1 aliphatic rings. The molecule has 1 aliphatic carbocycles. The predicted octanol–water partition coefficient (Wildman–Crippen LogP) is 6.90. The summed E-state index contributed by atoms with van der Waals surface area (Å²) in [5.41, 5.74) is 3.01. The van der Waals surface area contributed by atoms with Crippen molar-refractivity contribution in [3.05, 3.63) is 101 Å². The molecule has 2 amide bonds. The first-order chi connectivity index (χ1) is 19.0. The molecule has 0 aromatic heterocycles. The van der Waals surface area contributed by atoms with E-state index in [9.17, 15) is 9.59 Å². The van der Waals surface area contributed by atoms with E-state index in [0.29, 0.717) is 24.5 Å². The second-order valence-corrected chi connectivity index (χ2v) is 10.8. The van der Waals surface area contributed by atoms with Crippen LogP contribution in [0.5, 0.6) is 5.75 Å². The summed E-state index contributed by atoms with van der Waals surface area (Å²) in [6.07, 6.45) is 6.69. The van der Waals surface area contributed by atoms with Crippen molar-refractivity contribution in [1.82, 2.24) is 10.2 Å². The summed E-state index contributed by atoms with van der Waals surface area (Å²) in [5.74, 6) is 0.610. The zero-order valence-electron chi connectivity index (χ0n) is 22.8. The summed E-state index contributed by atoms with van der Waals surface area (Å²) >= 11 is 6.52. The molecule has 39 heavy (non-hydrogen) atoms. The van der Waals surface area contributed by atoms with Crippen LogP contribution in [0.1, 0.15) is 61.6 Å². The average Bonchev–Trinajstić information content (AvgIpc) is 2.96. The van der Waals surface area contributed by atoms with Crippen molar-refractivity contribution in [3.63, 3.8) is 0 Å². The van der Waals surface area contributed by atoms with E-state index in [-0.39, 0.29) is 30.8 Å². The summed E-state index contributed by atoms with van der Waals surface area (Å²) in [4.78, 5) is 29.3. The molecule has 1 fully saturated rings. The number of halogens is 1. The van der Waals surface area contributed by atoms with E-state index < -0.39 is 6.04 Å². The lowest BCUT2D eigenvalue weighted by Crippen LogP contribution is -2.52. The standard InChI is InChI=1S/C33H39ClN2O3/c1-25-18-20-29(21-19-25)39-22-10-17-32(37)36(24-27-13-8-9-16-30(27)34)31(23-26-11-4-2-5-12-26)33(38)35-28-14-6-3-7-15-28/h2,4-5,8-9,11-13,16,18-21,28,31H,3,6-7,10,14-15,17,22-24H2,1H3,(H,35,38)/t31-/m0/s1. The summed E-state index contributed by atoms with van der Waals surface area (Å²) in [6.45, 7) is 2.73. The third-order valence-electron chi connectivity index (χ3n) is 7.35. The first-order valence-electron chi connectivity index (χ1n) is 14.1. The number of carbonyl (C=O) groups is 2. The van der Waals surface area contributed by atoms with Gasteiger partial charge in [0.15, 0.2) is 0 Å². The topological polar surface area (TPSA) is 58.6 Å². The van der Waals surface area contributed by atoms with Crippen LogP contribution in [0.2, 0.25) is 5.02 Å². The van der Waals surface area contributed by atoms with Gasteiger partial charge in [0.25, 0.3) is 0 Å². The van der Waals surface area contributed by atoms with Crippen LogP contribution in [0.15, 0.2) is 78.9 Å². The number of carbonyl (C=O) groups excluding carboxylic acids is 2. The number of hydrogen-bond acceptors (Lipinski definition) is 3. The maximum atomic E-state index is 13.8. The highest BCUT2D eigenvalue weighted by Crippen LogP contribution is 2.23. The molecule has 0 saturated heterocycles. The summed E-state index contributed by atoms with van der Waals surface area (Å²) in [5, 5.41) is 3.86. The molecule has 1 saturated carbocycles. The van der Waals surface area contributed by atoms with Gasteiger partial charge in [0, 0.05) is 30.5 Å². The smallest absolute Gasteiger partial charge is 0.243 e. The van der Waals surface area contributed by atoms with Crippen molar-refractivity contribution in [2.24, 2.45) is 0 Å². The van der Waals surface area contributed by atoms with E-state index in [1.54, 1.807) is 4.90 Å². The van der Waals surface area contributed by atoms with Crippen molar-refractivity contribution >= 4 is 23.4 Å². The van der Waals surface area contributed by atoms with Crippen molar-refractivity contribution in [1.29, 1.82) is 0 Å². The van der Waals surface area contributed by atoms with Gasteiger partial charge >= 0.3 is 0 Å². The van der Waals surface area contributed by atoms with Crippen LogP contribution in [0, 0.1) is 6.92 Å². The Bertz CT molecular complexity index is 1190. The molecule has 0 spiro atoms. The Morgan fingerprint density at radius 1 is 0.949 bits per heavy atom. The van der Waals surface area contributed by atoms with Gasteiger partial charge in [-0.3, -0.25) is 9.59 Å². The number of hydrogen-bond donors (Lipinski definition) is 1. The zero-order valence-corrected chi connectivity index (χ0v) is 23.5. The van der Waals surface area contributed by atoms with E-state index in [2.05, 4.69) is 5.32 Å². The fraction of sp³-hybridized carbons (Fsp3) is 0.394. The Kier molecular flexibility index (Phi) is 10.8. The number of nitrogens with zero attached hydrogens (tertiary/aromatic N) is 1. The molecule has 5 nitrogen and oxygen atoms in total. The van der Waals surface area contributed by atoms with Crippen molar-refractivity contribution in [2.45, 2.75) is 76.9 Å². The Hall–Kier alpha value is -3.31. The molecule has 0 radical (unpaired) electrons. The fourth-order valence-corrected chi connectivity index (χ4v) is 5.30. The third kappa shape index (κ3) is 8.86. The molecule has 4 rings (SSSR count). The van der Waals surface area contributed by atoms with Crippen LogP contribution < -0.4 is 10.1 Å². The Morgan fingerprint density at radius 2 is 1.64 bits per heavy atom. The second-order valence-electron chi connectivity index (χ2n) is 10.4. The first-order valence-corrected chi connectivity index (χ1v) is 14.4. The molecule has 0 heterocycles. The van der Waals surface area contributed by atoms with E-state index >= 15 is 0 Å². The minimum atomic E-state index is -0.642. The minimum Gasteiger partial charge on any atom is -0.494 e. The maximum absolute atomic E-state index is 13.8. The van der Waals surface area contributed by atoms with E-state index in [1.165, 1.54) is 12.0 Å². The molecule has 3 aromatic carbocycles. The predicted molar refractivity (Wildman–Crippen MR) is 157 cm³/mol. The molecule has 3 aromatic rings. The van der Waals surface area contributed by atoms with Crippen molar-refractivity contribution < 1.29 is 14.3 Å². The van der Waals surface area contributed by atoms with Crippen molar-refractivity contribution in [3.8, 4) is 5.75 Å². The van der Waals surface area contributed by atoms with Gasteiger partial charge in [-0.05, 0) is 55.5 Å². The Labute approximate surface area is 237 Å². The Morgan fingerprint density at radius 3 is 2.36 bits per heavy atom. The van der Waals surface area contributed by atoms with Gasteiger partial charge in [0.05, 0.1) is 6.61 Å². The number of ether oxygens (including phenoxy) is 1. The lowest BCUT2D eigenvalue weighted by atomic mass is 9.94. The normalized spacial score (nSPS) is 14.4. The van der Waals surface area contributed by atoms with Crippen LogP contribution in [-0.2, 0) is 22.6 Å². The molecule has 0 bridgehead atoms. The Balaban J connectivity index is 1.52. The maximum Gasteiger partial charge on any atom is 0.243 e. The third-order valence-corrected chi connectivity index (χ3v) is 7.71. The molecule has 206 valence electrons. The number of rotatable bonds is 12. The van der Waals surface area contributed by atoms with Gasteiger partial charge in [-0.2, -0.15) is 0 Å². The average molecular weight is 547 g/mol. The number of amides is 2. The lowest BCUT2D eigenvalue weighted by Gasteiger charge is -2.33. The molecule has 0 unspecified atom stereocenters. The van der Waals surface area contributed by atoms with Gasteiger partial charge in [-0.1, -0.05) is 97.1 Å². The minimum absolute atomic E-state index is 0.0813. The zero-order chi connectivity index (χ0) is 27.5. The summed E-state index contributed by atoms with van der Waals surface area (Å²) < 4.78 is 5.86. The van der Waals surface area contributed by atoms with E-state index in [4.69, 9.17) is 16.3 Å². The summed E-state index contributed by atoms with van der Waals surface area (Å²) in [6, 6.07) is 24.8. The van der Waals surface area contributed by atoms with E-state index in [0.717, 1.165) is 42.6 Å². The number of nitrogens with one attached hydrogen (secondary N) is 1. The van der Waals surface area contributed by atoms with Crippen LogP contribution in [-0.4, -0.2) is 35.4 Å². The molecular formula is C33H39ClN2O3. The largest absolute Gasteiger partial charge is 0.494 e. The molecule has 1 atom stereocenters. The molecular weight excluding hydrogens is 508 g/mol. The van der Waals surface area contributed by atoms with Gasteiger partial charge in [0.2, 0.25) is 11.8 Å². The highest BCUT2D eigenvalue weighted by Gasteiger charge is 2.32. The lowest BCUT2D eigenvalue weighted by molar-refractivity contribution is -0.141. The monoisotopic (exact) mass is 546 g/mol. The summed E-state index contributed by atoms with van der Waals surface area (Å²) in [7, 11) is 0. The number of aryl methyl sites for hydroxylation is 1. The molecule has 1 N–H and O–H groups in total. The van der Waals surface area contributed by atoms with Crippen molar-refractivity contribution in [2.75, 3.05) is 6.61 Å². The molecule has 6 heteroatoms. The quantitative estimate of drug-likeness (QED) is 0.251. The second kappa shape index (κ2) is 14.7. The van der Waals surface area contributed by atoms with Gasteiger partial charge < -0.3 is 15.0 Å². The van der Waals surface area contributed by atoms with Crippen LogP contribution >= 0.6 is 11.6 Å². The SMILES string of the molecule is Cc1ccc(OCCCC(=O)N(Cc2ccccc2Cl)[C@@H](Cc2ccccc2)C(=O)NC2CCCCC2)cc1. The van der Waals surface area contributed by atoms with Crippen LogP contribution in [0.3, 0.4) is 0 Å². The highest BCUT2D eigenvalue weighted by atomic mass is 35.5. The van der Waals surface area contributed by atoms with Crippen LogP contribution in [0.4, 0.5) is 0 Å². The van der Waals surface area contributed by atoms with Gasteiger partial charge in [-0.15, -0.1) is 0 Å². The number of benzene rings is 3. The van der Waals surface area contributed by atoms with Crippen LogP contribution in [0.25, 0.3) is 0 Å². The first kappa shape index (κ1) is 28.7. The fourth-order valence-electron chi connectivity index (χ4n) is 5.10. The van der Waals surface area contributed by atoms with Gasteiger partial charge in [0.1, 0.15) is 11.8 Å². The highest BCUT2D eigenvalue weighted by molar-refractivity contribution is 6.31. The molecule has 0 aliphatic heterocycles. The van der Waals surface area contributed by atoms with E-state index in [1.807, 2.05) is 85.8 Å².